The lowest BCUT2D eigenvalue weighted by atomic mass is 9.66. The molecule has 3 fully saturated rings. The number of rotatable bonds is 6. The molecule has 2 aromatic rings. The summed E-state index contributed by atoms with van der Waals surface area (Å²) in [7, 11) is 1.07. The van der Waals surface area contributed by atoms with Gasteiger partial charge in [0.25, 0.3) is 0 Å². The lowest BCUT2D eigenvalue weighted by Crippen LogP contribution is -2.49. The summed E-state index contributed by atoms with van der Waals surface area (Å²) >= 11 is 2.35. The Labute approximate surface area is 172 Å². The normalized spacial score (nSPS) is 37.0. The van der Waals surface area contributed by atoms with Crippen LogP contribution >= 0.6 is 23.2 Å². The van der Waals surface area contributed by atoms with Crippen LogP contribution in [0, 0.1) is 11.8 Å². The summed E-state index contributed by atoms with van der Waals surface area (Å²) in [6.07, 6.45) is -0.188. The second-order valence-corrected chi connectivity index (χ2v) is 9.02. The van der Waals surface area contributed by atoms with Crippen LogP contribution in [-0.4, -0.2) is 54.2 Å². The highest BCUT2D eigenvalue weighted by molar-refractivity contribution is 8.15. The molecule has 3 saturated heterocycles. The summed E-state index contributed by atoms with van der Waals surface area (Å²) in [6, 6.07) is 5.34. The van der Waals surface area contributed by atoms with Crippen molar-refractivity contribution in [1.29, 1.82) is 1.34 Å². The van der Waals surface area contributed by atoms with Crippen molar-refractivity contribution < 1.29 is 23.6 Å². The van der Waals surface area contributed by atoms with Gasteiger partial charge in [0.2, 0.25) is 18.9 Å². The van der Waals surface area contributed by atoms with E-state index >= 15 is 0 Å². The van der Waals surface area contributed by atoms with Crippen LogP contribution in [0.15, 0.2) is 23.7 Å². The first-order valence-electron chi connectivity index (χ1n) is 9.57. The molecule has 2 unspecified atom stereocenters. The minimum absolute atomic E-state index is 0.250. The first-order chi connectivity index (χ1) is 13.9. The van der Waals surface area contributed by atoms with Crippen LogP contribution in [0.25, 0.3) is 10.2 Å². The van der Waals surface area contributed by atoms with Crippen LogP contribution in [0.3, 0.4) is 0 Å². The van der Waals surface area contributed by atoms with Gasteiger partial charge in [-0.25, -0.2) is 9.88 Å². The summed E-state index contributed by atoms with van der Waals surface area (Å²) < 4.78 is 19.5. The molecule has 145 valence electrons. The van der Waals surface area contributed by atoms with Crippen molar-refractivity contribution in [3.05, 3.63) is 23.7 Å². The average molecular weight is 419 g/mol. The lowest BCUT2D eigenvalue weighted by Gasteiger charge is -2.33. The maximum absolute atomic E-state index is 13.5. The highest BCUT2D eigenvalue weighted by Crippen LogP contribution is 2.62. The third-order valence-corrected chi connectivity index (χ3v) is 7.46. The second-order valence-electron chi connectivity index (χ2n) is 7.71. The van der Waals surface area contributed by atoms with E-state index in [0.717, 1.165) is 29.2 Å². The van der Waals surface area contributed by atoms with Crippen LogP contribution in [0.5, 0.6) is 0 Å². The predicted octanol–water partition coefficient (Wildman–Crippen LogP) is 1.56. The molecule has 3 aliphatic heterocycles. The van der Waals surface area contributed by atoms with Crippen LogP contribution in [-0.2, 0) is 18.5 Å². The number of aliphatic hydroxyl groups excluding tert-OH is 1. The van der Waals surface area contributed by atoms with Gasteiger partial charge in [-0.3, -0.25) is 9.59 Å². The van der Waals surface area contributed by atoms with Gasteiger partial charge < -0.3 is 14.0 Å². The van der Waals surface area contributed by atoms with Gasteiger partial charge in [0.15, 0.2) is 0 Å². The molecule has 5 rings (SSSR count). The van der Waals surface area contributed by atoms with E-state index in [9.17, 15) is 14.7 Å². The number of benzene rings is 1. The standard InChI is InChI=1S/C18H18BN2O5S2/c1-17-12(22)7-18(26-17,4-5-25-28-19)14-13(17)15(23)21(16(14)24)9-2-3-10-11(6-9)27-8-20-10/h2-3,6,8,12-14,19,22H,4-5,7H2,1H3/t12-,13-,14+,17?,18?/m0/s1/i19T. The van der Waals surface area contributed by atoms with E-state index in [4.69, 9.17) is 10.3 Å². The number of fused-ring (bicyclic) bond motifs is 6. The fraction of sp³-hybridized carbons (Fsp3) is 0.500. The number of thiazole rings is 1. The van der Waals surface area contributed by atoms with Crippen molar-refractivity contribution in [2.24, 2.45) is 11.8 Å². The van der Waals surface area contributed by atoms with Crippen LogP contribution in [0.1, 0.15) is 19.8 Å². The zero-order valence-corrected chi connectivity index (χ0v) is 16.7. The Morgan fingerprint density at radius 1 is 1.50 bits per heavy atom. The van der Waals surface area contributed by atoms with Crippen molar-refractivity contribution >= 4 is 58.0 Å². The first kappa shape index (κ1) is 17.4. The predicted molar refractivity (Wildman–Crippen MR) is 107 cm³/mol. The topological polar surface area (TPSA) is 89.0 Å². The number of hydrogen-bond donors (Lipinski definition) is 1. The highest BCUT2D eigenvalue weighted by Gasteiger charge is 2.76. The number of hydrogen-bond acceptors (Lipinski definition) is 8. The quantitative estimate of drug-likeness (QED) is 0.329. The molecule has 2 bridgehead atoms. The first-order valence-corrected chi connectivity index (χ1v) is 10.7. The Morgan fingerprint density at radius 2 is 2.32 bits per heavy atom. The Bertz CT molecular complexity index is 1010. The molecule has 7 nitrogen and oxygen atoms in total. The van der Waals surface area contributed by atoms with Gasteiger partial charge in [-0.05, 0) is 26.5 Å². The molecule has 2 amide bonds. The van der Waals surface area contributed by atoms with E-state index in [-0.39, 0.29) is 24.8 Å². The molecule has 10 heteroatoms. The van der Waals surface area contributed by atoms with Gasteiger partial charge in [-0.15, -0.1) is 11.3 Å². The number of amides is 2. The molecular weight excluding hydrogens is 399 g/mol. The third kappa shape index (κ3) is 2.32. The Morgan fingerprint density at radius 3 is 3.14 bits per heavy atom. The van der Waals surface area contributed by atoms with Crippen molar-refractivity contribution in [2.75, 3.05) is 11.5 Å². The highest BCUT2D eigenvalue weighted by atomic mass is 32.2. The number of aromatic nitrogens is 1. The van der Waals surface area contributed by atoms with E-state index in [0.29, 0.717) is 12.1 Å². The number of carbonyl (C=O) groups excluding carboxylic acids is 2. The fourth-order valence-corrected chi connectivity index (χ4v) is 6.01. The summed E-state index contributed by atoms with van der Waals surface area (Å²) in [5.41, 5.74) is 1.02. The minimum Gasteiger partial charge on any atom is -0.390 e. The summed E-state index contributed by atoms with van der Waals surface area (Å²) in [6.45, 7) is 1.97. The van der Waals surface area contributed by atoms with Crippen LogP contribution in [0.2, 0.25) is 0 Å². The van der Waals surface area contributed by atoms with E-state index in [1.54, 1.807) is 24.6 Å². The zero-order chi connectivity index (χ0) is 20.4. The van der Waals surface area contributed by atoms with Gasteiger partial charge >= 0.3 is 0 Å². The molecule has 4 heterocycles. The zero-order valence-electron chi connectivity index (χ0n) is 16.0. The molecule has 3 aliphatic rings. The molecule has 1 radical (unpaired) electrons. The maximum Gasteiger partial charge on any atom is 0.240 e. The number of ether oxygens (including phenoxy) is 1. The van der Waals surface area contributed by atoms with E-state index in [1.165, 1.54) is 16.2 Å². The number of imide groups is 1. The minimum atomic E-state index is -1.10. The van der Waals surface area contributed by atoms with Gasteiger partial charge in [0.05, 0.1) is 51.6 Å². The largest absolute Gasteiger partial charge is 0.390 e. The molecule has 0 spiro atoms. The van der Waals surface area contributed by atoms with Gasteiger partial charge in [0, 0.05) is 12.8 Å². The van der Waals surface area contributed by atoms with Crippen LogP contribution in [0.4, 0.5) is 5.69 Å². The molecule has 1 N–H and O–H groups in total. The van der Waals surface area contributed by atoms with Gasteiger partial charge in [0.1, 0.15) is 5.60 Å². The van der Waals surface area contributed by atoms with Crippen molar-refractivity contribution in [3.8, 4) is 0 Å². The van der Waals surface area contributed by atoms with Crippen molar-refractivity contribution in [1.82, 2.24) is 4.98 Å². The lowest BCUT2D eigenvalue weighted by molar-refractivity contribution is -0.133. The Hall–Kier alpha value is -1.46. The summed E-state index contributed by atoms with van der Waals surface area (Å²) in [5, 5.41) is 10.7. The fourth-order valence-electron chi connectivity index (χ4n) is 5.12. The SMILES string of the molecule is [3H][B]SOCCC12C[C@H](O)C(C)(O1)[C@@H]1C(=O)N(c3ccc4ncsc4c3)C(=O)[C@@H]12. The Kier molecular flexibility index (Phi) is 3.90. The van der Waals surface area contributed by atoms with Crippen molar-refractivity contribution in [3.63, 3.8) is 0 Å². The number of anilines is 1. The maximum atomic E-state index is 13.5. The molecule has 1 aromatic carbocycles. The summed E-state index contributed by atoms with van der Waals surface area (Å²) in [5.74, 6) is -2.01. The average Bonchev–Trinajstić information content (AvgIpc) is 3.38. The molecular formula is C18H18BN2O5S2. The van der Waals surface area contributed by atoms with Gasteiger partial charge in [-0.2, -0.15) is 0 Å². The number of nitrogens with zero attached hydrogens (tertiary/aromatic N) is 2. The van der Waals surface area contributed by atoms with E-state index in [1.807, 2.05) is 6.07 Å². The molecule has 5 atom stereocenters. The van der Waals surface area contributed by atoms with Gasteiger partial charge in [-0.1, -0.05) is 11.9 Å². The smallest absolute Gasteiger partial charge is 0.240 e. The monoisotopic (exact) mass is 419 g/mol. The molecule has 0 aliphatic carbocycles. The number of carbonyl (C=O) groups is 2. The summed E-state index contributed by atoms with van der Waals surface area (Å²) in [4.78, 5) is 32.3. The van der Waals surface area contributed by atoms with Crippen LogP contribution < -0.4 is 4.90 Å². The van der Waals surface area contributed by atoms with E-state index < -0.39 is 29.1 Å². The third-order valence-electron chi connectivity index (χ3n) is 6.36. The second kappa shape index (κ2) is 6.27. The van der Waals surface area contributed by atoms with Crippen molar-refractivity contribution in [2.45, 2.75) is 37.1 Å². The Balaban J connectivity index is 1.51. The molecule has 1 aromatic heterocycles. The molecule has 0 saturated carbocycles. The van der Waals surface area contributed by atoms with E-state index in [2.05, 4.69) is 4.98 Å². The number of aliphatic hydroxyl groups is 1. The molecule has 28 heavy (non-hydrogen) atoms.